The molecule has 0 bridgehead atoms. The van der Waals surface area contributed by atoms with Gasteiger partial charge in [0.1, 0.15) is 0 Å². The van der Waals surface area contributed by atoms with Crippen LogP contribution >= 0.6 is 0 Å². The third kappa shape index (κ3) is 2.34. The van der Waals surface area contributed by atoms with Crippen molar-refractivity contribution in [3.05, 3.63) is 58.9 Å². The van der Waals surface area contributed by atoms with Crippen molar-refractivity contribution in [1.82, 2.24) is 4.57 Å². The van der Waals surface area contributed by atoms with E-state index in [0.717, 1.165) is 6.54 Å². The smallest absolute Gasteiger partial charge is 0.0473 e. The van der Waals surface area contributed by atoms with Crippen molar-refractivity contribution in [3.63, 3.8) is 0 Å². The summed E-state index contributed by atoms with van der Waals surface area (Å²) in [6.45, 7) is 5.77. The Morgan fingerprint density at radius 2 is 1.81 bits per heavy atom. The minimum atomic E-state index is 0.595. The Labute approximate surface area is 96.7 Å². The first-order valence-corrected chi connectivity index (χ1v) is 5.60. The molecule has 0 aliphatic carbocycles. The Morgan fingerprint density at radius 3 is 2.44 bits per heavy atom. The van der Waals surface area contributed by atoms with Gasteiger partial charge in [0.25, 0.3) is 0 Å². The molecule has 2 aromatic rings. The number of nitrogens with two attached hydrogens (primary N) is 1. The standard InChI is InChI=1S/C14H18N2/c1-11-6-12(2)8-13(7-11)10-16-5-3-4-14(16)9-15/h3-8H,9-10,15H2,1-2H3. The van der Waals surface area contributed by atoms with Crippen molar-refractivity contribution in [2.45, 2.75) is 26.9 Å². The fraction of sp³-hybridized carbons (Fsp3) is 0.286. The highest BCUT2D eigenvalue weighted by molar-refractivity contribution is 5.29. The van der Waals surface area contributed by atoms with Gasteiger partial charge in [-0.1, -0.05) is 29.3 Å². The van der Waals surface area contributed by atoms with E-state index in [1.807, 2.05) is 6.07 Å². The number of hydrogen-bond donors (Lipinski definition) is 1. The zero-order valence-corrected chi connectivity index (χ0v) is 9.90. The molecule has 0 spiro atoms. The van der Waals surface area contributed by atoms with Crippen LogP contribution in [0, 0.1) is 13.8 Å². The molecule has 0 radical (unpaired) electrons. The minimum absolute atomic E-state index is 0.595. The Bertz CT molecular complexity index is 463. The summed E-state index contributed by atoms with van der Waals surface area (Å²) in [4.78, 5) is 0. The van der Waals surface area contributed by atoms with Crippen LogP contribution < -0.4 is 5.73 Å². The summed E-state index contributed by atoms with van der Waals surface area (Å²) in [6, 6.07) is 10.8. The van der Waals surface area contributed by atoms with E-state index in [0.29, 0.717) is 6.54 Å². The van der Waals surface area contributed by atoms with Crippen molar-refractivity contribution >= 4 is 0 Å². The molecule has 0 fully saturated rings. The lowest BCUT2D eigenvalue weighted by atomic mass is 10.1. The molecule has 0 saturated heterocycles. The summed E-state index contributed by atoms with van der Waals surface area (Å²) in [7, 11) is 0. The van der Waals surface area contributed by atoms with Gasteiger partial charge in [-0.3, -0.25) is 0 Å². The van der Waals surface area contributed by atoms with E-state index in [1.54, 1.807) is 0 Å². The zero-order valence-electron chi connectivity index (χ0n) is 9.90. The first-order valence-electron chi connectivity index (χ1n) is 5.60. The van der Waals surface area contributed by atoms with Gasteiger partial charge < -0.3 is 10.3 Å². The highest BCUT2D eigenvalue weighted by atomic mass is 15.0. The average molecular weight is 214 g/mol. The first kappa shape index (κ1) is 11.0. The van der Waals surface area contributed by atoms with Crippen LogP contribution in [0.1, 0.15) is 22.4 Å². The first-order chi connectivity index (χ1) is 7.69. The van der Waals surface area contributed by atoms with Crippen LogP contribution in [-0.4, -0.2) is 4.57 Å². The Morgan fingerprint density at radius 1 is 1.12 bits per heavy atom. The summed E-state index contributed by atoms with van der Waals surface area (Å²) < 4.78 is 2.20. The molecule has 0 aliphatic heterocycles. The molecule has 1 aromatic carbocycles. The second kappa shape index (κ2) is 4.54. The number of aryl methyl sites for hydroxylation is 2. The van der Waals surface area contributed by atoms with Crippen LogP contribution in [0.25, 0.3) is 0 Å². The summed E-state index contributed by atoms with van der Waals surface area (Å²) in [6.07, 6.45) is 2.08. The lowest BCUT2D eigenvalue weighted by molar-refractivity contribution is 0.743. The third-order valence-electron chi connectivity index (χ3n) is 2.77. The van der Waals surface area contributed by atoms with Crippen LogP contribution in [0.4, 0.5) is 0 Å². The van der Waals surface area contributed by atoms with Crippen LogP contribution in [0.3, 0.4) is 0 Å². The second-order valence-corrected chi connectivity index (χ2v) is 4.33. The van der Waals surface area contributed by atoms with Crippen molar-refractivity contribution in [3.8, 4) is 0 Å². The van der Waals surface area contributed by atoms with Gasteiger partial charge in [0.15, 0.2) is 0 Å². The average Bonchev–Trinajstić information content (AvgIpc) is 2.63. The SMILES string of the molecule is Cc1cc(C)cc(Cn2cccc2CN)c1. The predicted octanol–water partition coefficient (Wildman–Crippen LogP) is 2.61. The van der Waals surface area contributed by atoms with Gasteiger partial charge in [-0.25, -0.2) is 0 Å². The quantitative estimate of drug-likeness (QED) is 0.836. The lowest BCUT2D eigenvalue weighted by Crippen LogP contribution is -2.07. The molecule has 84 valence electrons. The molecule has 2 rings (SSSR count). The third-order valence-corrected chi connectivity index (χ3v) is 2.77. The van der Waals surface area contributed by atoms with Crippen LogP contribution in [-0.2, 0) is 13.1 Å². The highest BCUT2D eigenvalue weighted by Crippen LogP contribution is 2.12. The van der Waals surface area contributed by atoms with Crippen LogP contribution in [0.15, 0.2) is 36.5 Å². The van der Waals surface area contributed by atoms with E-state index >= 15 is 0 Å². The molecule has 0 amide bonds. The number of benzene rings is 1. The van der Waals surface area contributed by atoms with E-state index < -0.39 is 0 Å². The van der Waals surface area contributed by atoms with Crippen molar-refractivity contribution in [2.75, 3.05) is 0 Å². The van der Waals surface area contributed by atoms with Gasteiger partial charge >= 0.3 is 0 Å². The van der Waals surface area contributed by atoms with Crippen LogP contribution in [0.2, 0.25) is 0 Å². The summed E-state index contributed by atoms with van der Waals surface area (Å²) in [5.74, 6) is 0. The molecule has 2 heteroatoms. The van der Waals surface area contributed by atoms with Gasteiger partial charge in [-0.15, -0.1) is 0 Å². The van der Waals surface area contributed by atoms with Crippen molar-refractivity contribution in [1.29, 1.82) is 0 Å². The molecule has 1 aromatic heterocycles. The monoisotopic (exact) mass is 214 g/mol. The lowest BCUT2D eigenvalue weighted by Gasteiger charge is -2.09. The van der Waals surface area contributed by atoms with E-state index in [4.69, 9.17) is 5.73 Å². The Balaban J connectivity index is 2.26. The molecule has 2 N–H and O–H groups in total. The maximum atomic E-state index is 5.69. The van der Waals surface area contributed by atoms with E-state index in [1.165, 1.54) is 22.4 Å². The summed E-state index contributed by atoms with van der Waals surface area (Å²) in [5, 5.41) is 0. The second-order valence-electron chi connectivity index (χ2n) is 4.33. The maximum Gasteiger partial charge on any atom is 0.0473 e. The highest BCUT2D eigenvalue weighted by Gasteiger charge is 2.01. The maximum absolute atomic E-state index is 5.69. The molecule has 0 aliphatic rings. The number of hydrogen-bond acceptors (Lipinski definition) is 1. The van der Waals surface area contributed by atoms with Crippen LogP contribution in [0.5, 0.6) is 0 Å². The van der Waals surface area contributed by atoms with Gasteiger partial charge in [0, 0.05) is 25.0 Å². The van der Waals surface area contributed by atoms with Crippen molar-refractivity contribution in [2.24, 2.45) is 5.73 Å². The number of nitrogens with zero attached hydrogens (tertiary/aromatic N) is 1. The Kier molecular flexibility index (Phi) is 3.11. The number of rotatable bonds is 3. The fourth-order valence-corrected chi connectivity index (χ4v) is 2.15. The summed E-state index contributed by atoms with van der Waals surface area (Å²) >= 11 is 0. The zero-order chi connectivity index (χ0) is 11.5. The van der Waals surface area contributed by atoms with Gasteiger partial charge in [-0.05, 0) is 31.5 Å². The molecule has 1 heterocycles. The molecule has 0 unspecified atom stereocenters. The van der Waals surface area contributed by atoms with E-state index in [2.05, 4.69) is 48.9 Å². The topological polar surface area (TPSA) is 30.9 Å². The molecular formula is C14H18N2. The normalized spacial score (nSPS) is 10.7. The minimum Gasteiger partial charge on any atom is -0.346 e. The number of aromatic nitrogens is 1. The van der Waals surface area contributed by atoms with Gasteiger partial charge in [0.2, 0.25) is 0 Å². The van der Waals surface area contributed by atoms with Gasteiger partial charge in [0.05, 0.1) is 0 Å². The molecule has 0 saturated carbocycles. The van der Waals surface area contributed by atoms with Gasteiger partial charge in [-0.2, -0.15) is 0 Å². The summed E-state index contributed by atoms with van der Waals surface area (Å²) in [5.41, 5.74) is 10.8. The Hall–Kier alpha value is -1.54. The predicted molar refractivity (Wildman–Crippen MR) is 67.3 cm³/mol. The molecular weight excluding hydrogens is 196 g/mol. The molecule has 2 nitrogen and oxygen atoms in total. The fourth-order valence-electron chi connectivity index (χ4n) is 2.15. The largest absolute Gasteiger partial charge is 0.346 e. The van der Waals surface area contributed by atoms with E-state index in [-0.39, 0.29) is 0 Å². The molecule has 0 atom stereocenters. The van der Waals surface area contributed by atoms with Crippen molar-refractivity contribution < 1.29 is 0 Å². The molecule has 16 heavy (non-hydrogen) atoms. The van der Waals surface area contributed by atoms with E-state index in [9.17, 15) is 0 Å².